The Morgan fingerprint density at radius 1 is 1.31 bits per heavy atom. The van der Waals surface area contributed by atoms with Gasteiger partial charge >= 0.3 is 0 Å². The van der Waals surface area contributed by atoms with Gasteiger partial charge in [-0.1, -0.05) is 0 Å². The number of hydrogen-bond acceptors (Lipinski definition) is 3. The van der Waals surface area contributed by atoms with Crippen LogP contribution in [0.1, 0.15) is 6.42 Å². The maximum Gasteiger partial charge on any atom is 0.282 e. The molecule has 0 saturated carbocycles. The van der Waals surface area contributed by atoms with Gasteiger partial charge in [-0.2, -0.15) is 17.0 Å². The van der Waals surface area contributed by atoms with E-state index in [1.807, 2.05) is 0 Å². The highest BCUT2D eigenvalue weighted by Gasteiger charge is 2.38. The highest BCUT2D eigenvalue weighted by Crippen LogP contribution is 2.18. The summed E-state index contributed by atoms with van der Waals surface area (Å²) < 4.78 is 26.6. The van der Waals surface area contributed by atoms with Gasteiger partial charge in [0.2, 0.25) is 0 Å². The fraction of sp³-hybridized carbons (Fsp3) is 1.00. The minimum absolute atomic E-state index is 0.188. The summed E-state index contributed by atoms with van der Waals surface area (Å²) in [5, 5.41) is 3.09. The van der Waals surface area contributed by atoms with Crippen molar-refractivity contribution >= 4 is 10.2 Å². The second-order valence-corrected chi connectivity index (χ2v) is 5.59. The highest BCUT2D eigenvalue weighted by atomic mass is 32.2. The van der Waals surface area contributed by atoms with Crippen LogP contribution in [0.4, 0.5) is 0 Å². The van der Waals surface area contributed by atoms with Gasteiger partial charge in [-0.25, -0.2) is 0 Å². The molecule has 0 aromatic rings. The van der Waals surface area contributed by atoms with Crippen LogP contribution in [0.2, 0.25) is 0 Å². The van der Waals surface area contributed by atoms with E-state index in [-0.39, 0.29) is 6.04 Å². The number of nitrogens with zero attached hydrogens (tertiary/aromatic N) is 2. The van der Waals surface area contributed by atoms with Crippen molar-refractivity contribution in [2.24, 2.45) is 0 Å². The molecule has 0 amide bonds. The average molecular weight is 205 g/mol. The van der Waals surface area contributed by atoms with Gasteiger partial charge in [0, 0.05) is 33.2 Å². The molecule has 0 aromatic carbocycles. The van der Waals surface area contributed by atoms with Crippen molar-refractivity contribution in [3.8, 4) is 0 Å². The summed E-state index contributed by atoms with van der Waals surface area (Å²) in [6, 6.07) is 0.188. The van der Waals surface area contributed by atoms with E-state index in [2.05, 4.69) is 5.32 Å². The first kappa shape index (κ1) is 9.39. The molecule has 0 radical (unpaired) electrons. The summed E-state index contributed by atoms with van der Waals surface area (Å²) in [7, 11) is -1.49. The molecule has 13 heavy (non-hydrogen) atoms. The van der Waals surface area contributed by atoms with E-state index in [1.54, 1.807) is 11.4 Å². The lowest BCUT2D eigenvalue weighted by Crippen LogP contribution is -2.62. The Morgan fingerprint density at radius 3 is 2.54 bits per heavy atom. The van der Waals surface area contributed by atoms with Crippen LogP contribution in [0, 0.1) is 0 Å². The van der Waals surface area contributed by atoms with Crippen LogP contribution in [0.3, 0.4) is 0 Å². The third-order valence-electron chi connectivity index (χ3n) is 2.71. The van der Waals surface area contributed by atoms with Gasteiger partial charge in [0.25, 0.3) is 10.2 Å². The summed E-state index contributed by atoms with van der Waals surface area (Å²) in [6.45, 7) is 2.93. The minimum Gasteiger partial charge on any atom is -0.313 e. The molecular formula is C7H15N3O2S. The topological polar surface area (TPSA) is 52.6 Å². The lowest BCUT2D eigenvalue weighted by atomic mass is 10.2. The molecule has 6 heteroatoms. The van der Waals surface area contributed by atoms with Gasteiger partial charge in [-0.3, -0.25) is 0 Å². The second kappa shape index (κ2) is 3.20. The molecule has 76 valence electrons. The van der Waals surface area contributed by atoms with Crippen LogP contribution >= 0.6 is 0 Å². The number of hydrogen-bond donors (Lipinski definition) is 1. The predicted molar refractivity (Wildman–Crippen MR) is 49.5 cm³/mol. The number of rotatable bonds is 1. The van der Waals surface area contributed by atoms with Gasteiger partial charge in [0.1, 0.15) is 0 Å². The van der Waals surface area contributed by atoms with Crippen LogP contribution in [0.25, 0.3) is 0 Å². The highest BCUT2D eigenvalue weighted by molar-refractivity contribution is 7.86. The molecule has 2 fully saturated rings. The molecule has 0 atom stereocenters. The van der Waals surface area contributed by atoms with Crippen LogP contribution in [0.15, 0.2) is 0 Å². The average Bonchev–Trinajstić information content (AvgIpc) is 1.96. The summed E-state index contributed by atoms with van der Waals surface area (Å²) in [5.41, 5.74) is 0. The molecule has 2 heterocycles. The van der Waals surface area contributed by atoms with Gasteiger partial charge in [0.05, 0.1) is 6.04 Å². The van der Waals surface area contributed by atoms with Crippen molar-refractivity contribution in [2.75, 3.05) is 33.2 Å². The van der Waals surface area contributed by atoms with E-state index >= 15 is 0 Å². The maximum absolute atomic E-state index is 11.8. The van der Waals surface area contributed by atoms with Crippen LogP contribution in [-0.2, 0) is 10.2 Å². The van der Waals surface area contributed by atoms with E-state index in [0.29, 0.717) is 13.1 Å². The molecule has 5 nitrogen and oxygen atoms in total. The first-order chi connectivity index (χ1) is 6.12. The monoisotopic (exact) mass is 205 g/mol. The summed E-state index contributed by atoms with van der Waals surface area (Å²) in [6.07, 6.45) is 0.937. The molecule has 0 bridgehead atoms. The first-order valence-electron chi connectivity index (χ1n) is 4.56. The van der Waals surface area contributed by atoms with Crippen molar-refractivity contribution in [2.45, 2.75) is 12.5 Å². The van der Waals surface area contributed by atoms with Gasteiger partial charge in [0.15, 0.2) is 0 Å². The third kappa shape index (κ3) is 1.48. The summed E-state index contributed by atoms with van der Waals surface area (Å²) in [5.74, 6) is 0. The Hall–Kier alpha value is -0.170. The van der Waals surface area contributed by atoms with Gasteiger partial charge < -0.3 is 5.32 Å². The SMILES string of the molecule is CN1CCCN(C2CNC2)S1(=O)=O. The Morgan fingerprint density at radius 2 is 2.00 bits per heavy atom. The fourth-order valence-corrected chi connectivity index (χ4v) is 3.31. The van der Waals surface area contributed by atoms with Crippen LogP contribution in [0.5, 0.6) is 0 Å². The molecule has 2 aliphatic heterocycles. The lowest BCUT2D eigenvalue weighted by molar-refractivity contribution is 0.204. The molecule has 2 aliphatic rings. The van der Waals surface area contributed by atoms with E-state index < -0.39 is 10.2 Å². The molecule has 2 rings (SSSR count). The molecule has 0 aromatic heterocycles. The van der Waals surface area contributed by atoms with Crippen molar-refractivity contribution in [3.63, 3.8) is 0 Å². The largest absolute Gasteiger partial charge is 0.313 e. The maximum atomic E-state index is 11.8. The molecule has 1 N–H and O–H groups in total. The molecule has 0 aliphatic carbocycles. The normalized spacial score (nSPS) is 31.5. The van der Waals surface area contributed by atoms with E-state index in [9.17, 15) is 8.42 Å². The zero-order chi connectivity index (χ0) is 9.47. The third-order valence-corrected chi connectivity index (χ3v) is 4.75. The van der Waals surface area contributed by atoms with Gasteiger partial charge in [-0.15, -0.1) is 0 Å². The van der Waals surface area contributed by atoms with Crippen LogP contribution in [-0.4, -0.2) is 56.3 Å². The van der Waals surface area contributed by atoms with Crippen molar-refractivity contribution in [3.05, 3.63) is 0 Å². The zero-order valence-corrected chi connectivity index (χ0v) is 8.55. The Balaban J connectivity index is 2.16. The Bertz CT molecular complexity index is 286. The Kier molecular flexibility index (Phi) is 2.31. The van der Waals surface area contributed by atoms with E-state index in [1.165, 1.54) is 4.31 Å². The van der Waals surface area contributed by atoms with E-state index in [0.717, 1.165) is 19.5 Å². The summed E-state index contributed by atoms with van der Waals surface area (Å²) in [4.78, 5) is 0. The Labute approximate surface area is 78.9 Å². The van der Waals surface area contributed by atoms with Crippen molar-refractivity contribution in [1.82, 2.24) is 13.9 Å². The molecule has 2 saturated heterocycles. The minimum atomic E-state index is -3.14. The quantitative estimate of drug-likeness (QED) is 0.587. The van der Waals surface area contributed by atoms with Gasteiger partial charge in [-0.05, 0) is 6.42 Å². The standard InChI is InChI=1S/C7H15N3O2S/c1-9-3-2-4-10(13(9,11)12)7-5-8-6-7/h7-8H,2-6H2,1H3. The smallest absolute Gasteiger partial charge is 0.282 e. The fourth-order valence-electron chi connectivity index (χ4n) is 1.71. The molecule has 0 spiro atoms. The first-order valence-corrected chi connectivity index (χ1v) is 5.96. The lowest BCUT2D eigenvalue weighted by Gasteiger charge is -2.41. The summed E-state index contributed by atoms with van der Waals surface area (Å²) >= 11 is 0. The van der Waals surface area contributed by atoms with Crippen LogP contribution < -0.4 is 5.32 Å². The molecular weight excluding hydrogens is 190 g/mol. The predicted octanol–water partition coefficient (Wildman–Crippen LogP) is -1.16. The second-order valence-electron chi connectivity index (χ2n) is 3.61. The zero-order valence-electron chi connectivity index (χ0n) is 7.73. The van der Waals surface area contributed by atoms with E-state index in [4.69, 9.17) is 0 Å². The number of nitrogens with one attached hydrogen (secondary N) is 1. The van der Waals surface area contributed by atoms with Crippen molar-refractivity contribution in [1.29, 1.82) is 0 Å². The molecule has 0 unspecified atom stereocenters. The van der Waals surface area contributed by atoms with Crippen molar-refractivity contribution < 1.29 is 8.42 Å².